The minimum absolute atomic E-state index is 0.135. The van der Waals surface area contributed by atoms with E-state index in [1.54, 1.807) is 50.4 Å². The summed E-state index contributed by atoms with van der Waals surface area (Å²) in [6.07, 6.45) is 0. The summed E-state index contributed by atoms with van der Waals surface area (Å²) in [7, 11) is 1.55. The Morgan fingerprint density at radius 1 is 1.21 bits per heavy atom. The number of carbonyl (C=O) groups excluding carboxylic acids is 1. The fraction of sp³-hybridized carbons (Fsp3) is 0.158. The Kier molecular flexibility index (Phi) is 4.40. The Bertz CT molecular complexity index is 1060. The van der Waals surface area contributed by atoms with E-state index in [2.05, 4.69) is 26.2 Å². The van der Waals surface area contributed by atoms with E-state index in [4.69, 9.17) is 4.74 Å². The first-order valence-electron chi connectivity index (χ1n) is 8.57. The molecular formula is C19H18N6O3. The molecule has 0 spiro atoms. The Balaban J connectivity index is 1.76. The SMILES string of the molecule is COc1ccccc1NC(=O)C1=C(C)Nc2nnnn2C1c1ccc(O)cc1. The number of benzene rings is 2. The number of hydrogen-bond acceptors (Lipinski definition) is 7. The van der Waals surface area contributed by atoms with Gasteiger partial charge in [-0.3, -0.25) is 4.79 Å². The van der Waals surface area contributed by atoms with Crippen molar-refractivity contribution in [1.29, 1.82) is 0 Å². The van der Waals surface area contributed by atoms with Crippen molar-refractivity contribution < 1.29 is 14.6 Å². The van der Waals surface area contributed by atoms with Crippen molar-refractivity contribution in [3.8, 4) is 11.5 Å². The molecule has 1 unspecified atom stereocenters. The van der Waals surface area contributed by atoms with Crippen LogP contribution in [0.1, 0.15) is 18.5 Å². The number of anilines is 2. The second kappa shape index (κ2) is 7.03. The van der Waals surface area contributed by atoms with Crippen LogP contribution in [0.5, 0.6) is 11.5 Å². The lowest BCUT2D eigenvalue weighted by Gasteiger charge is -2.28. The molecule has 0 bridgehead atoms. The summed E-state index contributed by atoms with van der Waals surface area (Å²) < 4.78 is 6.86. The second-order valence-electron chi connectivity index (χ2n) is 6.26. The number of phenolic OH excluding ortho intramolecular Hbond substituents is 1. The van der Waals surface area contributed by atoms with Crippen LogP contribution in [0.25, 0.3) is 0 Å². The number of tetrazole rings is 1. The number of fused-ring (bicyclic) bond motifs is 1. The average Bonchev–Trinajstić information content (AvgIpc) is 3.16. The minimum atomic E-state index is -0.554. The molecule has 0 saturated carbocycles. The number of allylic oxidation sites excluding steroid dienone is 1. The number of nitrogens with one attached hydrogen (secondary N) is 2. The van der Waals surface area contributed by atoms with Crippen molar-refractivity contribution in [2.45, 2.75) is 13.0 Å². The van der Waals surface area contributed by atoms with E-state index in [1.807, 2.05) is 12.1 Å². The number of carbonyl (C=O) groups is 1. The van der Waals surface area contributed by atoms with Gasteiger partial charge in [-0.2, -0.15) is 4.68 Å². The average molecular weight is 378 g/mol. The van der Waals surface area contributed by atoms with Gasteiger partial charge in [-0.1, -0.05) is 29.4 Å². The first kappa shape index (κ1) is 17.5. The highest BCUT2D eigenvalue weighted by molar-refractivity contribution is 6.06. The summed E-state index contributed by atoms with van der Waals surface area (Å²) in [5.41, 5.74) is 2.41. The van der Waals surface area contributed by atoms with Crippen molar-refractivity contribution in [3.63, 3.8) is 0 Å². The standard InChI is InChI=1S/C19H18N6O3/c1-11-16(18(27)21-14-5-3-4-6-15(14)28-2)17(12-7-9-13(26)10-8-12)25-19(20-11)22-23-24-25/h3-10,17,26H,1-2H3,(H,21,27)(H,20,22,24). The molecule has 0 aliphatic carbocycles. The number of rotatable bonds is 4. The molecule has 1 atom stereocenters. The third-order valence-corrected chi connectivity index (χ3v) is 4.52. The molecule has 1 amide bonds. The predicted molar refractivity (Wildman–Crippen MR) is 102 cm³/mol. The lowest BCUT2D eigenvalue weighted by atomic mass is 9.95. The predicted octanol–water partition coefficient (Wildman–Crippen LogP) is 2.31. The fourth-order valence-corrected chi connectivity index (χ4v) is 3.21. The first-order chi connectivity index (χ1) is 13.6. The molecule has 1 aromatic heterocycles. The summed E-state index contributed by atoms with van der Waals surface area (Å²) in [6.45, 7) is 1.79. The topological polar surface area (TPSA) is 114 Å². The molecule has 0 radical (unpaired) electrons. The number of amides is 1. The van der Waals surface area contributed by atoms with Gasteiger partial charge in [0.15, 0.2) is 0 Å². The van der Waals surface area contributed by atoms with Crippen LogP contribution in [-0.4, -0.2) is 38.3 Å². The second-order valence-corrected chi connectivity index (χ2v) is 6.26. The molecule has 3 aromatic rings. The molecule has 9 nitrogen and oxygen atoms in total. The molecule has 3 N–H and O–H groups in total. The van der Waals surface area contributed by atoms with E-state index in [9.17, 15) is 9.90 Å². The van der Waals surface area contributed by atoms with Crippen molar-refractivity contribution in [1.82, 2.24) is 20.2 Å². The van der Waals surface area contributed by atoms with Gasteiger partial charge in [0.05, 0.1) is 18.4 Å². The van der Waals surface area contributed by atoms with Crippen LogP contribution in [0, 0.1) is 0 Å². The number of hydrogen-bond donors (Lipinski definition) is 3. The Labute approximate surface area is 160 Å². The van der Waals surface area contributed by atoms with Crippen LogP contribution >= 0.6 is 0 Å². The molecule has 1 aliphatic rings. The van der Waals surface area contributed by atoms with Gasteiger partial charge >= 0.3 is 0 Å². The minimum Gasteiger partial charge on any atom is -0.508 e. The fourth-order valence-electron chi connectivity index (χ4n) is 3.21. The molecule has 2 aromatic carbocycles. The van der Waals surface area contributed by atoms with Crippen LogP contribution in [0.2, 0.25) is 0 Å². The van der Waals surface area contributed by atoms with Gasteiger partial charge in [-0.15, -0.1) is 0 Å². The molecular weight excluding hydrogens is 360 g/mol. The molecule has 4 rings (SSSR count). The zero-order valence-corrected chi connectivity index (χ0v) is 15.2. The van der Waals surface area contributed by atoms with Crippen LogP contribution in [0.4, 0.5) is 11.6 Å². The van der Waals surface area contributed by atoms with Gasteiger partial charge in [0.2, 0.25) is 5.95 Å². The van der Waals surface area contributed by atoms with Crippen LogP contribution in [-0.2, 0) is 4.79 Å². The highest BCUT2D eigenvalue weighted by Gasteiger charge is 2.34. The summed E-state index contributed by atoms with van der Waals surface area (Å²) in [6, 6.07) is 13.2. The van der Waals surface area contributed by atoms with E-state index in [-0.39, 0.29) is 11.7 Å². The number of methoxy groups -OCH3 is 1. The maximum absolute atomic E-state index is 13.2. The number of aromatic nitrogens is 4. The van der Waals surface area contributed by atoms with Gasteiger partial charge in [-0.25, -0.2) is 0 Å². The molecule has 1 aliphatic heterocycles. The number of nitrogens with zero attached hydrogens (tertiary/aromatic N) is 4. The normalized spacial score (nSPS) is 15.6. The van der Waals surface area contributed by atoms with Crippen molar-refractivity contribution in [2.24, 2.45) is 0 Å². The van der Waals surface area contributed by atoms with E-state index in [0.29, 0.717) is 28.7 Å². The Morgan fingerprint density at radius 2 is 1.96 bits per heavy atom. The largest absolute Gasteiger partial charge is 0.508 e. The maximum atomic E-state index is 13.2. The van der Waals surface area contributed by atoms with Gasteiger partial charge < -0.3 is 20.5 Å². The van der Waals surface area contributed by atoms with E-state index < -0.39 is 6.04 Å². The van der Waals surface area contributed by atoms with E-state index in [0.717, 1.165) is 5.56 Å². The number of aromatic hydroxyl groups is 1. The monoisotopic (exact) mass is 378 g/mol. The van der Waals surface area contributed by atoms with E-state index >= 15 is 0 Å². The summed E-state index contributed by atoms with van der Waals surface area (Å²) in [4.78, 5) is 13.2. The molecule has 142 valence electrons. The van der Waals surface area contributed by atoms with Crippen LogP contribution in [0.3, 0.4) is 0 Å². The third kappa shape index (κ3) is 3.02. The number of ether oxygens (including phenoxy) is 1. The molecule has 0 saturated heterocycles. The Hall–Kier alpha value is -3.88. The smallest absolute Gasteiger partial charge is 0.255 e. The molecule has 2 heterocycles. The summed E-state index contributed by atoms with van der Waals surface area (Å²) in [5, 5.41) is 27.3. The lowest BCUT2D eigenvalue weighted by molar-refractivity contribution is -0.113. The maximum Gasteiger partial charge on any atom is 0.255 e. The zero-order chi connectivity index (χ0) is 19.7. The first-order valence-corrected chi connectivity index (χ1v) is 8.57. The number of para-hydroxylation sites is 2. The van der Waals surface area contributed by atoms with E-state index in [1.165, 1.54) is 4.68 Å². The molecule has 0 fully saturated rings. The van der Waals surface area contributed by atoms with Gasteiger partial charge in [0.25, 0.3) is 5.91 Å². The van der Waals surface area contributed by atoms with Crippen molar-refractivity contribution in [3.05, 3.63) is 65.4 Å². The van der Waals surface area contributed by atoms with Crippen molar-refractivity contribution in [2.75, 3.05) is 17.7 Å². The summed E-state index contributed by atoms with van der Waals surface area (Å²) >= 11 is 0. The van der Waals surface area contributed by atoms with Gasteiger partial charge in [0.1, 0.15) is 17.5 Å². The number of phenols is 1. The van der Waals surface area contributed by atoms with Crippen molar-refractivity contribution >= 4 is 17.5 Å². The zero-order valence-electron chi connectivity index (χ0n) is 15.2. The summed E-state index contributed by atoms with van der Waals surface area (Å²) in [5.74, 6) is 0.815. The molecule has 28 heavy (non-hydrogen) atoms. The Morgan fingerprint density at radius 3 is 2.71 bits per heavy atom. The lowest BCUT2D eigenvalue weighted by Crippen LogP contribution is -2.31. The quantitative estimate of drug-likeness (QED) is 0.638. The molecule has 9 heteroatoms. The third-order valence-electron chi connectivity index (χ3n) is 4.52. The highest BCUT2D eigenvalue weighted by Crippen LogP contribution is 2.36. The highest BCUT2D eigenvalue weighted by atomic mass is 16.5. The van der Waals surface area contributed by atoms with Gasteiger partial charge in [-0.05, 0) is 47.2 Å². The van der Waals surface area contributed by atoms with Gasteiger partial charge in [0, 0.05) is 5.70 Å². The van der Waals surface area contributed by atoms with Crippen LogP contribution in [0.15, 0.2) is 59.8 Å². The van der Waals surface area contributed by atoms with Crippen LogP contribution < -0.4 is 15.4 Å².